The second-order valence-corrected chi connectivity index (χ2v) is 2.73. The maximum absolute atomic E-state index is 9.38. The fourth-order valence-corrected chi connectivity index (χ4v) is 1.30. The number of fused-ring (bicyclic) bond motifs is 1. The van der Waals surface area contributed by atoms with E-state index in [2.05, 4.69) is 0 Å². The molecule has 0 fully saturated rings. The molecule has 3 heteroatoms. The minimum Gasteiger partial charge on any atom is -0.497 e. The Balaban J connectivity index is 2.41. The molecule has 1 aromatic carbocycles. The van der Waals surface area contributed by atoms with Crippen LogP contribution in [0.5, 0.6) is 11.5 Å². The van der Waals surface area contributed by atoms with Crippen molar-refractivity contribution in [2.45, 2.75) is 6.10 Å². The Bertz CT molecular complexity index is 296. The van der Waals surface area contributed by atoms with Crippen molar-refractivity contribution in [2.24, 2.45) is 0 Å². The van der Waals surface area contributed by atoms with Gasteiger partial charge in [0.05, 0.1) is 7.11 Å². The molecule has 0 aromatic heterocycles. The highest BCUT2D eigenvalue weighted by molar-refractivity contribution is 5.44. The summed E-state index contributed by atoms with van der Waals surface area (Å²) in [5, 5.41) is 9.38. The molecule has 1 atom stereocenters. The maximum Gasteiger partial charge on any atom is 0.129 e. The molecular formula is C9H10O3. The number of rotatable bonds is 1. The summed E-state index contributed by atoms with van der Waals surface area (Å²) in [5.41, 5.74) is 0.843. The van der Waals surface area contributed by atoms with E-state index >= 15 is 0 Å². The Morgan fingerprint density at radius 3 is 3.17 bits per heavy atom. The van der Waals surface area contributed by atoms with Gasteiger partial charge in [0.15, 0.2) is 0 Å². The van der Waals surface area contributed by atoms with E-state index in [0.29, 0.717) is 6.61 Å². The van der Waals surface area contributed by atoms with E-state index in [4.69, 9.17) is 9.47 Å². The molecule has 1 aliphatic rings. The Morgan fingerprint density at radius 1 is 1.58 bits per heavy atom. The first-order valence-electron chi connectivity index (χ1n) is 3.80. The molecule has 0 saturated heterocycles. The van der Waals surface area contributed by atoms with Gasteiger partial charge in [-0.25, -0.2) is 0 Å². The van der Waals surface area contributed by atoms with Crippen LogP contribution in [0.15, 0.2) is 18.2 Å². The Morgan fingerprint density at radius 2 is 2.42 bits per heavy atom. The van der Waals surface area contributed by atoms with Gasteiger partial charge in [-0.05, 0) is 12.1 Å². The van der Waals surface area contributed by atoms with Crippen molar-refractivity contribution in [3.05, 3.63) is 23.8 Å². The quantitative estimate of drug-likeness (QED) is 0.679. The van der Waals surface area contributed by atoms with Crippen LogP contribution in [0.2, 0.25) is 0 Å². The van der Waals surface area contributed by atoms with E-state index in [-0.39, 0.29) is 0 Å². The summed E-state index contributed by atoms with van der Waals surface area (Å²) in [6.07, 6.45) is -0.481. The van der Waals surface area contributed by atoms with Gasteiger partial charge < -0.3 is 14.6 Å². The smallest absolute Gasteiger partial charge is 0.129 e. The molecule has 3 nitrogen and oxygen atoms in total. The standard InChI is InChI=1S/C9H10O3/c1-11-6-2-3-7-8(10)5-12-9(7)4-6/h2-4,8,10H,5H2,1H3/t8-/m1/s1. The third-order valence-electron chi connectivity index (χ3n) is 1.98. The first-order chi connectivity index (χ1) is 5.81. The van der Waals surface area contributed by atoms with Gasteiger partial charge >= 0.3 is 0 Å². The van der Waals surface area contributed by atoms with E-state index in [1.54, 1.807) is 13.2 Å². The molecule has 0 spiro atoms. The van der Waals surface area contributed by atoms with Crippen LogP contribution < -0.4 is 9.47 Å². The number of aliphatic hydroxyl groups excluding tert-OH is 1. The molecule has 0 saturated carbocycles. The number of benzene rings is 1. The lowest BCUT2D eigenvalue weighted by Crippen LogP contribution is -1.97. The molecule has 0 radical (unpaired) electrons. The van der Waals surface area contributed by atoms with Gasteiger partial charge in [0.1, 0.15) is 24.2 Å². The molecule has 0 unspecified atom stereocenters. The molecule has 64 valence electrons. The van der Waals surface area contributed by atoms with Crippen molar-refractivity contribution in [1.29, 1.82) is 0 Å². The second-order valence-electron chi connectivity index (χ2n) is 2.73. The lowest BCUT2D eigenvalue weighted by atomic mass is 10.1. The van der Waals surface area contributed by atoms with Crippen molar-refractivity contribution in [1.82, 2.24) is 0 Å². The Kier molecular flexibility index (Phi) is 1.66. The summed E-state index contributed by atoms with van der Waals surface area (Å²) in [7, 11) is 1.60. The molecule has 0 aliphatic carbocycles. The fourth-order valence-electron chi connectivity index (χ4n) is 1.30. The Labute approximate surface area is 70.5 Å². The molecule has 1 heterocycles. The zero-order valence-electron chi connectivity index (χ0n) is 6.78. The molecule has 2 rings (SSSR count). The molecule has 1 aliphatic heterocycles. The van der Waals surface area contributed by atoms with Crippen molar-refractivity contribution in [3.63, 3.8) is 0 Å². The average molecular weight is 166 g/mol. The van der Waals surface area contributed by atoms with E-state index in [0.717, 1.165) is 17.1 Å². The molecule has 12 heavy (non-hydrogen) atoms. The minimum atomic E-state index is -0.481. The van der Waals surface area contributed by atoms with Gasteiger partial charge in [-0.15, -0.1) is 0 Å². The minimum absolute atomic E-state index is 0.350. The van der Waals surface area contributed by atoms with Crippen LogP contribution in [0.4, 0.5) is 0 Å². The summed E-state index contributed by atoms with van der Waals surface area (Å²) in [6.45, 7) is 0.350. The third-order valence-corrected chi connectivity index (χ3v) is 1.98. The zero-order chi connectivity index (χ0) is 8.55. The average Bonchev–Trinajstić information content (AvgIpc) is 2.47. The number of aliphatic hydroxyl groups is 1. The maximum atomic E-state index is 9.38. The van der Waals surface area contributed by atoms with Gasteiger partial charge in [0.25, 0.3) is 0 Å². The number of ether oxygens (including phenoxy) is 2. The first-order valence-corrected chi connectivity index (χ1v) is 3.80. The molecule has 1 aromatic rings. The van der Waals surface area contributed by atoms with Crippen LogP contribution in [0.3, 0.4) is 0 Å². The predicted octanol–water partition coefficient (Wildman–Crippen LogP) is 1.12. The first kappa shape index (κ1) is 7.43. The lowest BCUT2D eigenvalue weighted by Gasteiger charge is -2.02. The normalized spacial score (nSPS) is 20.0. The van der Waals surface area contributed by atoms with Gasteiger partial charge in [0, 0.05) is 11.6 Å². The Hall–Kier alpha value is -1.22. The molecular weight excluding hydrogens is 156 g/mol. The zero-order valence-corrected chi connectivity index (χ0v) is 6.78. The van der Waals surface area contributed by atoms with Crippen molar-refractivity contribution in [3.8, 4) is 11.5 Å². The summed E-state index contributed by atoms with van der Waals surface area (Å²) in [6, 6.07) is 5.42. The van der Waals surface area contributed by atoms with Crippen LogP contribution in [0.25, 0.3) is 0 Å². The van der Waals surface area contributed by atoms with Crippen LogP contribution in [-0.2, 0) is 0 Å². The fraction of sp³-hybridized carbons (Fsp3) is 0.333. The summed E-state index contributed by atoms with van der Waals surface area (Å²) >= 11 is 0. The van der Waals surface area contributed by atoms with E-state index < -0.39 is 6.10 Å². The predicted molar refractivity (Wildman–Crippen MR) is 43.4 cm³/mol. The van der Waals surface area contributed by atoms with Gasteiger partial charge in [-0.2, -0.15) is 0 Å². The van der Waals surface area contributed by atoms with Crippen LogP contribution in [0, 0.1) is 0 Å². The highest BCUT2D eigenvalue weighted by Crippen LogP contribution is 2.34. The number of hydrogen-bond donors (Lipinski definition) is 1. The molecule has 0 bridgehead atoms. The SMILES string of the molecule is COc1ccc2c(c1)OC[C@H]2O. The second kappa shape index (κ2) is 2.68. The third kappa shape index (κ3) is 1.02. The highest BCUT2D eigenvalue weighted by atomic mass is 16.5. The highest BCUT2D eigenvalue weighted by Gasteiger charge is 2.21. The van der Waals surface area contributed by atoms with E-state index in [1.807, 2.05) is 12.1 Å². The monoisotopic (exact) mass is 166 g/mol. The molecule has 0 amide bonds. The van der Waals surface area contributed by atoms with E-state index in [9.17, 15) is 5.11 Å². The number of hydrogen-bond acceptors (Lipinski definition) is 3. The number of methoxy groups -OCH3 is 1. The summed E-state index contributed by atoms with van der Waals surface area (Å²) in [5.74, 6) is 1.48. The van der Waals surface area contributed by atoms with Gasteiger partial charge in [-0.1, -0.05) is 0 Å². The lowest BCUT2D eigenvalue weighted by molar-refractivity contribution is 0.140. The van der Waals surface area contributed by atoms with Crippen LogP contribution >= 0.6 is 0 Å². The van der Waals surface area contributed by atoms with Gasteiger partial charge in [0.2, 0.25) is 0 Å². The summed E-state index contributed by atoms with van der Waals surface area (Å²) < 4.78 is 10.2. The largest absolute Gasteiger partial charge is 0.497 e. The van der Waals surface area contributed by atoms with Crippen molar-refractivity contribution in [2.75, 3.05) is 13.7 Å². The van der Waals surface area contributed by atoms with E-state index in [1.165, 1.54) is 0 Å². The topological polar surface area (TPSA) is 38.7 Å². The van der Waals surface area contributed by atoms with Crippen LogP contribution in [-0.4, -0.2) is 18.8 Å². The van der Waals surface area contributed by atoms with Crippen molar-refractivity contribution < 1.29 is 14.6 Å². The molecule has 1 N–H and O–H groups in total. The van der Waals surface area contributed by atoms with Crippen LogP contribution in [0.1, 0.15) is 11.7 Å². The summed E-state index contributed by atoms with van der Waals surface area (Å²) in [4.78, 5) is 0. The van der Waals surface area contributed by atoms with Gasteiger partial charge in [-0.3, -0.25) is 0 Å². The van der Waals surface area contributed by atoms with Crippen molar-refractivity contribution >= 4 is 0 Å².